The third-order valence-corrected chi connectivity index (χ3v) is 3.03. The van der Waals surface area contributed by atoms with E-state index in [1.54, 1.807) is 7.05 Å². The molecule has 6 nitrogen and oxygen atoms in total. The van der Waals surface area contributed by atoms with Gasteiger partial charge < -0.3 is 16.2 Å². The molecule has 7 heteroatoms. The molecule has 1 aromatic heterocycles. The van der Waals surface area contributed by atoms with Crippen LogP contribution in [0.2, 0.25) is 0 Å². The molecule has 1 heterocycles. The van der Waals surface area contributed by atoms with E-state index in [1.165, 1.54) is 16.8 Å². The molecule has 0 aliphatic heterocycles. The number of aryl methyl sites for hydroxylation is 1. The number of anilines is 1. The number of hydrogen-bond acceptors (Lipinski definition) is 4. The quantitative estimate of drug-likeness (QED) is 0.902. The Labute approximate surface area is 121 Å². The zero-order chi connectivity index (χ0) is 15.7. The molecular weight excluding hydrogens is 275 g/mol. The number of primary amides is 1. The first-order valence-electron chi connectivity index (χ1n) is 6.40. The zero-order valence-corrected chi connectivity index (χ0v) is 12.1. The average Bonchev–Trinajstić information content (AvgIpc) is 2.66. The molecule has 0 aliphatic rings. The highest BCUT2D eigenvalue weighted by molar-refractivity contribution is 5.93. The highest BCUT2D eigenvalue weighted by Crippen LogP contribution is 2.33. The number of benzene rings is 1. The Hall–Kier alpha value is -2.57. The molecule has 0 bridgehead atoms. The van der Waals surface area contributed by atoms with Gasteiger partial charge in [0.25, 0.3) is 5.91 Å². The topological polar surface area (TPSA) is 96.2 Å². The van der Waals surface area contributed by atoms with E-state index < -0.39 is 11.7 Å². The summed E-state index contributed by atoms with van der Waals surface area (Å²) < 4.78 is 20.8. The van der Waals surface area contributed by atoms with Gasteiger partial charge in [-0.05, 0) is 18.1 Å². The first kappa shape index (κ1) is 14.8. The molecule has 0 unspecified atom stereocenters. The molecule has 2 rings (SSSR count). The second-order valence-corrected chi connectivity index (χ2v) is 4.99. The predicted molar refractivity (Wildman–Crippen MR) is 76.7 cm³/mol. The molecular formula is C14H17FN4O2. The van der Waals surface area contributed by atoms with Crippen molar-refractivity contribution < 1.29 is 13.9 Å². The number of nitrogen functional groups attached to an aromatic ring is 1. The average molecular weight is 292 g/mol. The molecule has 0 spiro atoms. The van der Waals surface area contributed by atoms with Gasteiger partial charge in [-0.3, -0.25) is 4.79 Å². The molecule has 4 N–H and O–H groups in total. The first-order chi connectivity index (χ1) is 9.81. The third kappa shape index (κ3) is 2.81. The Balaban J connectivity index is 2.35. The van der Waals surface area contributed by atoms with Crippen molar-refractivity contribution in [3.8, 4) is 11.6 Å². The number of halogens is 1. The monoisotopic (exact) mass is 292 g/mol. The maximum absolute atomic E-state index is 13.7. The van der Waals surface area contributed by atoms with E-state index in [1.807, 2.05) is 13.8 Å². The van der Waals surface area contributed by atoms with Crippen molar-refractivity contribution >= 4 is 11.6 Å². The van der Waals surface area contributed by atoms with Gasteiger partial charge >= 0.3 is 0 Å². The summed E-state index contributed by atoms with van der Waals surface area (Å²) in [6.45, 7) is 3.92. The lowest BCUT2D eigenvalue weighted by Crippen LogP contribution is -2.12. The van der Waals surface area contributed by atoms with Crippen molar-refractivity contribution in [1.29, 1.82) is 0 Å². The van der Waals surface area contributed by atoms with Crippen molar-refractivity contribution in [2.45, 2.75) is 19.8 Å². The zero-order valence-electron chi connectivity index (χ0n) is 12.1. The van der Waals surface area contributed by atoms with Gasteiger partial charge in [-0.2, -0.15) is 5.10 Å². The summed E-state index contributed by atoms with van der Waals surface area (Å²) in [6, 6.07) is 3.80. The lowest BCUT2D eigenvalue weighted by atomic mass is 10.1. The molecule has 0 atom stereocenters. The van der Waals surface area contributed by atoms with Crippen molar-refractivity contribution in [2.24, 2.45) is 12.8 Å². The summed E-state index contributed by atoms with van der Waals surface area (Å²) in [6.07, 6.45) is 0. The fourth-order valence-electron chi connectivity index (χ4n) is 1.96. The second-order valence-electron chi connectivity index (χ2n) is 4.99. The Morgan fingerprint density at radius 2 is 2.10 bits per heavy atom. The number of nitrogens with zero attached hydrogens (tertiary/aromatic N) is 2. The van der Waals surface area contributed by atoms with Crippen LogP contribution in [0.5, 0.6) is 11.6 Å². The standard InChI is InChI=1S/C14H17FN4O2/c1-7(2)12-11(16)14(19(3)18-12)21-8-4-5-9(13(17)20)10(15)6-8/h4-7H,16H2,1-3H3,(H2,17,20). The minimum atomic E-state index is -0.832. The number of ether oxygens (including phenoxy) is 1. The number of rotatable bonds is 4. The molecule has 0 saturated carbocycles. The van der Waals surface area contributed by atoms with Gasteiger partial charge in [0.2, 0.25) is 5.88 Å². The summed E-state index contributed by atoms with van der Waals surface area (Å²) in [5, 5.41) is 4.27. The summed E-state index contributed by atoms with van der Waals surface area (Å²) in [7, 11) is 1.69. The van der Waals surface area contributed by atoms with Gasteiger partial charge in [-0.1, -0.05) is 13.8 Å². The highest BCUT2D eigenvalue weighted by atomic mass is 19.1. The van der Waals surface area contributed by atoms with Gasteiger partial charge in [0.05, 0.1) is 11.3 Å². The minimum Gasteiger partial charge on any atom is -0.437 e. The predicted octanol–water partition coefficient (Wildman–Crippen LogP) is 2.16. The number of aromatic nitrogens is 2. The molecule has 112 valence electrons. The molecule has 0 aliphatic carbocycles. The SMILES string of the molecule is CC(C)c1nn(C)c(Oc2ccc(C(N)=O)c(F)c2)c1N. The number of nitrogens with two attached hydrogens (primary N) is 2. The Bertz CT molecular complexity index is 695. The van der Waals surface area contributed by atoms with E-state index in [0.717, 1.165) is 6.07 Å². The van der Waals surface area contributed by atoms with Gasteiger partial charge in [-0.15, -0.1) is 0 Å². The summed E-state index contributed by atoms with van der Waals surface area (Å²) in [5.41, 5.74) is 12.0. The minimum absolute atomic E-state index is 0.141. The lowest BCUT2D eigenvalue weighted by Gasteiger charge is -2.08. The van der Waals surface area contributed by atoms with Crippen LogP contribution in [0.15, 0.2) is 18.2 Å². The highest BCUT2D eigenvalue weighted by Gasteiger charge is 2.18. The first-order valence-corrected chi connectivity index (χ1v) is 6.40. The van der Waals surface area contributed by atoms with Gasteiger partial charge in [-0.25, -0.2) is 9.07 Å². The Morgan fingerprint density at radius 1 is 1.43 bits per heavy atom. The molecule has 2 aromatic rings. The van der Waals surface area contributed by atoms with E-state index in [2.05, 4.69) is 5.10 Å². The molecule has 21 heavy (non-hydrogen) atoms. The van der Waals surface area contributed by atoms with Gasteiger partial charge in [0, 0.05) is 13.1 Å². The van der Waals surface area contributed by atoms with Crippen LogP contribution >= 0.6 is 0 Å². The Kier molecular flexibility index (Phi) is 3.84. The van der Waals surface area contributed by atoms with Crippen LogP contribution in [0.4, 0.5) is 10.1 Å². The van der Waals surface area contributed by atoms with E-state index in [4.69, 9.17) is 16.2 Å². The summed E-state index contributed by atoms with van der Waals surface area (Å²) in [5.74, 6) is -0.902. The molecule has 0 saturated heterocycles. The number of amides is 1. The molecule has 1 aromatic carbocycles. The van der Waals surface area contributed by atoms with Crippen LogP contribution in [0.25, 0.3) is 0 Å². The van der Waals surface area contributed by atoms with E-state index in [-0.39, 0.29) is 17.2 Å². The smallest absolute Gasteiger partial charge is 0.251 e. The van der Waals surface area contributed by atoms with Crippen LogP contribution in [0.1, 0.15) is 35.8 Å². The van der Waals surface area contributed by atoms with Gasteiger partial charge in [0.15, 0.2) is 0 Å². The van der Waals surface area contributed by atoms with Gasteiger partial charge in [0.1, 0.15) is 17.3 Å². The van der Waals surface area contributed by atoms with Crippen LogP contribution in [-0.4, -0.2) is 15.7 Å². The molecule has 0 fully saturated rings. The molecule has 0 radical (unpaired) electrons. The number of hydrogen-bond donors (Lipinski definition) is 2. The van der Waals surface area contributed by atoms with Crippen molar-refractivity contribution in [3.05, 3.63) is 35.3 Å². The largest absolute Gasteiger partial charge is 0.437 e. The fraction of sp³-hybridized carbons (Fsp3) is 0.286. The normalized spacial score (nSPS) is 10.9. The summed E-state index contributed by atoms with van der Waals surface area (Å²) >= 11 is 0. The van der Waals surface area contributed by atoms with Crippen molar-refractivity contribution in [2.75, 3.05) is 5.73 Å². The van der Waals surface area contributed by atoms with E-state index >= 15 is 0 Å². The number of carbonyl (C=O) groups is 1. The van der Waals surface area contributed by atoms with Crippen LogP contribution in [0, 0.1) is 5.82 Å². The maximum Gasteiger partial charge on any atom is 0.251 e. The maximum atomic E-state index is 13.7. The third-order valence-electron chi connectivity index (χ3n) is 3.03. The van der Waals surface area contributed by atoms with Crippen molar-refractivity contribution in [3.63, 3.8) is 0 Å². The van der Waals surface area contributed by atoms with E-state index in [9.17, 15) is 9.18 Å². The second kappa shape index (κ2) is 5.43. The Morgan fingerprint density at radius 3 is 2.57 bits per heavy atom. The van der Waals surface area contributed by atoms with Crippen molar-refractivity contribution in [1.82, 2.24) is 9.78 Å². The fourth-order valence-corrected chi connectivity index (χ4v) is 1.96. The number of carbonyl (C=O) groups excluding carboxylic acids is 1. The van der Waals surface area contributed by atoms with E-state index in [0.29, 0.717) is 17.3 Å². The van der Waals surface area contributed by atoms with Crippen LogP contribution in [-0.2, 0) is 7.05 Å². The molecule has 1 amide bonds. The van der Waals surface area contributed by atoms with Crippen LogP contribution < -0.4 is 16.2 Å². The van der Waals surface area contributed by atoms with Crippen LogP contribution in [0.3, 0.4) is 0 Å². The lowest BCUT2D eigenvalue weighted by molar-refractivity contribution is 0.0996. The summed E-state index contributed by atoms with van der Waals surface area (Å²) in [4.78, 5) is 11.0.